The minimum absolute atomic E-state index is 0.00306. The average Bonchev–Trinajstić information content (AvgIpc) is 2.73. The SMILES string of the molecule is O=C(O)c1cn(Cc2cccc(Cl)c2)nc1C(F)(F)F. The number of rotatable bonds is 3. The first-order chi connectivity index (χ1) is 9.27. The molecule has 2 aromatic rings. The number of aromatic nitrogens is 2. The van der Waals surface area contributed by atoms with Gasteiger partial charge in [-0.1, -0.05) is 23.7 Å². The van der Waals surface area contributed by atoms with E-state index in [9.17, 15) is 18.0 Å². The molecule has 20 heavy (non-hydrogen) atoms. The summed E-state index contributed by atoms with van der Waals surface area (Å²) in [4.78, 5) is 10.8. The van der Waals surface area contributed by atoms with Crippen LogP contribution < -0.4 is 0 Å². The predicted molar refractivity (Wildman–Crippen MR) is 64.7 cm³/mol. The Bertz CT molecular complexity index is 652. The molecule has 1 aromatic carbocycles. The van der Waals surface area contributed by atoms with Crippen molar-refractivity contribution in [2.45, 2.75) is 12.7 Å². The van der Waals surface area contributed by atoms with Gasteiger partial charge in [-0.2, -0.15) is 18.3 Å². The fraction of sp³-hybridized carbons (Fsp3) is 0.167. The third-order valence-electron chi connectivity index (χ3n) is 2.49. The van der Waals surface area contributed by atoms with Gasteiger partial charge in [0.1, 0.15) is 5.56 Å². The Hall–Kier alpha value is -2.02. The standard InChI is InChI=1S/C12H8ClF3N2O2/c13-8-3-1-2-7(4-8)5-18-6-9(11(19)20)10(17-18)12(14,15)16/h1-4,6H,5H2,(H,19,20). The Labute approximate surface area is 116 Å². The Balaban J connectivity index is 2.37. The lowest BCUT2D eigenvalue weighted by atomic mass is 10.2. The van der Waals surface area contributed by atoms with E-state index in [-0.39, 0.29) is 6.54 Å². The van der Waals surface area contributed by atoms with Crippen molar-refractivity contribution >= 4 is 17.6 Å². The normalized spacial score (nSPS) is 11.6. The van der Waals surface area contributed by atoms with Crippen LogP contribution in [0, 0.1) is 0 Å². The van der Waals surface area contributed by atoms with Gasteiger partial charge in [-0.3, -0.25) is 4.68 Å². The van der Waals surface area contributed by atoms with Gasteiger partial charge in [-0.25, -0.2) is 4.79 Å². The molecule has 0 radical (unpaired) electrons. The van der Waals surface area contributed by atoms with Crippen LogP contribution in [0.2, 0.25) is 5.02 Å². The maximum atomic E-state index is 12.7. The molecule has 0 spiro atoms. The summed E-state index contributed by atoms with van der Waals surface area (Å²) < 4.78 is 38.9. The zero-order valence-corrected chi connectivity index (χ0v) is 10.6. The highest BCUT2D eigenvalue weighted by Gasteiger charge is 2.39. The molecule has 8 heteroatoms. The zero-order valence-electron chi connectivity index (χ0n) is 9.86. The lowest BCUT2D eigenvalue weighted by Gasteiger charge is -2.04. The van der Waals surface area contributed by atoms with E-state index in [2.05, 4.69) is 5.10 Å². The minimum atomic E-state index is -4.81. The van der Waals surface area contributed by atoms with Gasteiger partial charge in [-0.05, 0) is 17.7 Å². The van der Waals surface area contributed by atoms with Crippen LogP contribution in [0.15, 0.2) is 30.5 Å². The molecule has 1 N–H and O–H groups in total. The number of carboxylic acid groups (broad SMARTS) is 1. The van der Waals surface area contributed by atoms with Gasteiger partial charge in [0.25, 0.3) is 0 Å². The van der Waals surface area contributed by atoms with Gasteiger partial charge >= 0.3 is 12.1 Å². The smallest absolute Gasteiger partial charge is 0.436 e. The number of aromatic carboxylic acids is 1. The summed E-state index contributed by atoms with van der Waals surface area (Å²) in [5.74, 6) is -1.67. The highest BCUT2D eigenvalue weighted by Crippen LogP contribution is 2.30. The monoisotopic (exact) mass is 304 g/mol. The summed E-state index contributed by atoms with van der Waals surface area (Å²) in [6.45, 7) is -0.00306. The first-order valence-corrected chi connectivity index (χ1v) is 5.77. The number of hydrogen-bond donors (Lipinski definition) is 1. The topological polar surface area (TPSA) is 55.1 Å². The second-order valence-electron chi connectivity index (χ2n) is 4.02. The molecular formula is C12H8ClF3N2O2. The maximum Gasteiger partial charge on any atom is 0.436 e. The van der Waals surface area contributed by atoms with E-state index in [1.165, 1.54) is 0 Å². The summed E-state index contributed by atoms with van der Waals surface area (Å²) >= 11 is 5.77. The number of hydrogen-bond acceptors (Lipinski definition) is 2. The van der Waals surface area contributed by atoms with Crippen LogP contribution in [0.4, 0.5) is 13.2 Å². The van der Waals surface area contributed by atoms with Gasteiger partial charge < -0.3 is 5.11 Å². The Morgan fingerprint density at radius 3 is 2.60 bits per heavy atom. The molecule has 0 amide bonds. The summed E-state index contributed by atoms with van der Waals surface area (Å²) in [6.07, 6.45) is -3.96. The maximum absolute atomic E-state index is 12.7. The van der Waals surface area contributed by atoms with Gasteiger partial charge in [0.15, 0.2) is 5.69 Å². The third-order valence-corrected chi connectivity index (χ3v) is 2.73. The van der Waals surface area contributed by atoms with Gasteiger partial charge in [0.05, 0.1) is 6.54 Å². The van der Waals surface area contributed by atoms with Crippen molar-refractivity contribution in [2.24, 2.45) is 0 Å². The molecule has 1 aromatic heterocycles. The number of alkyl halides is 3. The Morgan fingerprint density at radius 1 is 1.40 bits per heavy atom. The van der Waals surface area contributed by atoms with E-state index in [4.69, 9.17) is 16.7 Å². The zero-order chi connectivity index (χ0) is 14.9. The molecule has 0 aliphatic rings. The molecule has 0 aliphatic carbocycles. The van der Waals surface area contributed by atoms with E-state index in [1.54, 1.807) is 24.3 Å². The molecule has 0 unspecified atom stereocenters. The molecule has 1 heterocycles. The molecule has 0 bridgehead atoms. The second-order valence-corrected chi connectivity index (χ2v) is 4.46. The molecule has 0 saturated carbocycles. The van der Waals surface area contributed by atoms with E-state index in [0.717, 1.165) is 10.9 Å². The van der Waals surface area contributed by atoms with Crippen LogP contribution in [0.1, 0.15) is 21.6 Å². The Kier molecular flexibility index (Phi) is 3.71. The fourth-order valence-electron chi connectivity index (χ4n) is 1.69. The van der Waals surface area contributed by atoms with Crippen LogP contribution in [0.25, 0.3) is 0 Å². The van der Waals surface area contributed by atoms with Crippen molar-refractivity contribution in [1.82, 2.24) is 9.78 Å². The molecular weight excluding hydrogens is 297 g/mol. The first-order valence-electron chi connectivity index (χ1n) is 5.40. The van der Waals surface area contributed by atoms with Gasteiger partial charge in [-0.15, -0.1) is 0 Å². The lowest BCUT2D eigenvalue weighted by Crippen LogP contribution is -2.12. The van der Waals surface area contributed by atoms with Crippen molar-refractivity contribution < 1.29 is 23.1 Å². The largest absolute Gasteiger partial charge is 0.478 e. The van der Waals surface area contributed by atoms with E-state index >= 15 is 0 Å². The number of carboxylic acids is 1. The summed E-state index contributed by atoms with van der Waals surface area (Å²) in [6, 6.07) is 6.49. The second kappa shape index (κ2) is 5.16. The molecule has 0 saturated heterocycles. The van der Waals surface area contributed by atoms with E-state index in [0.29, 0.717) is 10.6 Å². The van der Waals surface area contributed by atoms with Gasteiger partial charge in [0, 0.05) is 11.2 Å². The summed E-state index contributed by atoms with van der Waals surface area (Å²) in [5, 5.41) is 12.5. The van der Waals surface area contributed by atoms with Crippen LogP contribution in [0.5, 0.6) is 0 Å². The highest BCUT2D eigenvalue weighted by molar-refractivity contribution is 6.30. The lowest BCUT2D eigenvalue weighted by molar-refractivity contribution is -0.142. The van der Waals surface area contributed by atoms with E-state index < -0.39 is 23.4 Å². The van der Waals surface area contributed by atoms with Crippen LogP contribution in [-0.4, -0.2) is 20.9 Å². The first kappa shape index (κ1) is 14.4. The molecule has 0 atom stereocenters. The number of benzene rings is 1. The molecule has 0 fully saturated rings. The van der Waals surface area contributed by atoms with E-state index in [1.807, 2.05) is 0 Å². The molecule has 0 aliphatic heterocycles. The fourth-order valence-corrected chi connectivity index (χ4v) is 1.90. The quantitative estimate of drug-likeness (QED) is 0.946. The number of nitrogens with zero attached hydrogens (tertiary/aromatic N) is 2. The van der Waals surface area contributed by atoms with Crippen LogP contribution >= 0.6 is 11.6 Å². The van der Waals surface area contributed by atoms with Gasteiger partial charge in [0.2, 0.25) is 0 Å². The molecule has 2 rings (SSSR count). The number of carbonyl (C=O) groups is 1. The van der Waals surface area contributed by atoms with Crippen molar-refractivity contribution in [3.63, 3.8) is 0 Å². The summed E-state index contributed by atoms with van der Waals surface area (Å²) in [7, 11) is 0. The van der Waals surface area contributed by atoms with Crippen LogP contribution in [-0.2, 0) is 12.7 Å². The van der Waals surface area contributed by atoms with Crippen molar-refractivity contribution in [2.75, 3.05) is 0 Å². The van der Waals surface area contributed by atoms with Crippen LogP contribution in [0.3, 0.4) is 0 Å². The Morgan fingerprint density at radius 2 is 2.10 bits per heavy atom. The highest BCUT2D eigenvalue weighted by atomic mass is 35.5. The predicted octanol–water partition coefficient (Wildman–Crippen LogP) is 3.30. The third kappa shape index (κ3) is 3.11. The van der Waals surface area contributed by atoms with Crippen molar-refractivity contribution in [3.05, 3.63) is 52.3 Å². The summed E-state index contributed by atoms with van der Waals surface area (Å²) in [5.41, 5.74) is -1.67. The van der Waals surface area contributed by atoms with Crippen molar-refractivity contribution in [1.29, 1.82) is 0 Å². The minimum Gasteiger partial charge on any atom is -0.478 e. The number of halogens is 4. The molecule has 106 valence electrons. The van der Waals surface area contributed by atoms with Crippen molar-refractivity contribution in [3.8, 4) is 0 Å². The molecule has 4 nitrogen and oxygen atoms in total. The average molecular weight is 305 g/mol.